The van der Waals surface area contributed by atoms with Crippen LogP contribution < -0.4 is 5.73 Å². The lowest BCUT2D eigenvalue weighted by Gasteiger charge is -2.26. The normalized spacial score (nSPS) is 20.6. The molecule has 4 heteroatoms. The van der Waals surface area contributed by atoms with Crippen LogP contribution in [-0.4, -0.2) is 41.7 Å². The maximum atomic E-state index is 12.4. The highest BCUT2D eigenvalue weighted by Crippen LogP contribution is 2.25. The number of nitrogens with zero attached hydrogens (tertiary/aromatic N) is 1. The minimum Gasteiger partial charge on any atom is -0.396 e. The van der Waals surface area contributed by atoms with Gasteiger partial charge in [0.25, 0.3) is 0 Å². The third-order valence-corrected chi connectivity index (χ3v) is 4.60. The third kappa shape index (κ3) is 5.41. The summed E-state index contributed by atoms with van der Waals surface area (Å²) in [5, 5.41) is 8.93. The molecule has 4 nitrogen and oxygen atoms in total. The molecule has 1 aliphatic heterocycles. The molecule has 1 amide bonds. The average molecular weight is 284 g/mol. The van der Waals surface area contributed by atoms with Gasteiger partial charge in [0.05, 0.1) is 0 Å². The van der Waals surface area contributed by atoms with Gasteiger partial charge in [-0.15, -0.1) is 0 Å². The molecule has 0 aromatic carbocycles. The first-order valence-electron chi connectivity index (χ1n) is 8.20. The van der Waals surface area contributed by atoms with E-state index in [9.17, 15) is 4.79 Å². The maximum absolute atomic E-state index is 12.4. The molecule has 1 rings (SSSR count). The van der Waals surface area contributed by atoms with Crippen LogP contribution in [0.25, 0.3) is 0 Å². The summed E-state index contributed by atoms with van der Waals surface area (Å²) in [5.41, 5.74) is 5.65. The van der Waals surface area contributed by atoms with Gasteiger partial charge < -0.3 is 15.7 Å². The summed E-state index contributed by atoms with van der Waals surface area (Å²) in [7, 11) is 0. The standard InChI is InChI=1S/C16H32N2O2/c1-13(2)14(9-10-17)7-8-16(20)18-11-3-5-15(18)6-4-12-19/h13-15,19H,3-12,17H2,1-2H3. The van der Waals surface area contributed by atoms with E-state index >= 15 is 0 Å². The maximum Gasteiger partial charge on any atom is 0.222 e. The Morgan fingerprint density at radius 1 is 1.40 bits per heavy atom. The predicted molar refractivity (Wildman–Crippen MR) is 82.3 cm³/mol. The average Bonchev–Trinajstić information content (AvgIpc) is 2.88. The van der Waals surface area contributed by atoms with Crippen molar-refractivity contribution in [3.63, 3.8) is 0 Å². The summed E-state index contributed by atoms with van der Waals surface area (Å²) in [5.74, 6) is 1.45. The Labute approximate surface area is 123 Å². The van der Waals surface area contributed by atoms with Gasteiger partial charge in [-0.2, -0.15) is 0 Å². The van der Waals surface area contributed by atoms with Gasteiger partial charge in [-0.25, -0.2) is 0 Å². The molecule has 1 saturated heterocycles. The third-order valence-electron chi connectivity index (χ3n) is 4.60. The molecule has 0 radical (unpaired) electrons. The largest absolute Gasteiger partial charge is 0.396 e. The highest BCUT2D eigenvalue weighted by Gasteiger charge is 2.28. The van der Waals surface area contributed by atoms with E-state index in [1.165, 1.54) is 0 Å². The summed E-state index contributed by atoms with van der Waals surface area (Å²) in [6, 6.07) is 0.363. The lowest BCUT2D eigenvalue weighted by atomic mass is 9.88. The van der Waals surface area contributed by atoms with E-state index in [0.717, 1.165) is 45.1 Å². The Kier molecular flexibility index (Phi) is 8.15. The van der Waals surface area contributed by atoms with Gasteiger partial charge in [-0.1, -0.05) is 13.8 Å². The fraction of sp³-hybridized carbons (Fsp3) is 0.938. The second-order valence-corrected chi connectivity index (χ2v) is 6.37. The van der Waals surface area contributed by atoms with Gasteiger partial charge in [-0.3, -0.25) is 4.79 Å². The van der Waals surface area contributed by atoms with Crippen molar-refractivity contribution >= 4 is 5.91 Å². The molecule has 0 aromatic heterocycles. The van der Waals surface area contributed by atoms with Gasteiger partial charge in [0.2, 0.25) is 5.91 Å². The van der Waals surface area contributed by atoms with Crippen molar-refractivity contribution in [2.45, 2.75) is 64.8 Å². The van der Waals surface area contributed by atoms with Crippen LogP contribution in [-0.2, 0) is 4.79 Å². The van der Waals surface area contributed by atoms with E-state index < -0.39 is 0 Å². The van der Waals surface area contributed by atoms with Crippen LogP contribution in [0.4, 0.5) is 0 Å². The Morgan fingerprint density at radius 3 is 2.75 bits per heavy atom. The van der Waals surface area contributed by atoms with E-state index in [4.69, 9.17) is 10.8 Å². The second kappa shape index (κ2) is 9.35. The molecule has 3 N–H and O–H groups in total. The van der Waals surface area contributed by atoms with Crippen molar-refractivity contribution in [2.24, 2.45) is 17.6 Å². The smallest absolute Gasteiger partial charge is 0.222 e. The van der Waals surface area contributed by atoms with Crippen LogP contribution in [0.2, 0.25) is 0 Å². The molecular weight excluding hydrogens is 252 g/mol. The Balaban J connectivity index is 2.40. The van der Waals surface area contributed by atoms with E-state index in [2.05, 4.69) is 18.7 Å². The van der Waals surface area contributed by atoms with E-state index in [-0.39, 0.29) is 6.61 Å². The number of amides is 1. The quantitative estimate of drug-likeness (QED) is 0.682. The molecule has 0 aliphatic carbocycles. The molecule has 1 heterocycles. The van der Waals surface area contributed by atoms with Gasteiger partial charge in [-0.05, 0) is 56.9 Å². The minimum absolute atomic E-state index is 0.227. The van der Waals surface area contributed by atoms with Crippen LogP contribution in [0, 0.1) is 11.8 Å². The number of aliphatic hydroxyl groups is 1. The zero-order valence-corrected chi connectivity index (χ0v) is 13.2. The minimum atomic E-state index is 0.227. The zero-order valence-electron chi connectivity index (χ0n) is 13.2. The molecule has 0 spiro atoms. The molecule has 1 fully saturated rings. The lowest BCUT2D eigenvalue weighted by Crippen LogP contribution is -2.36. The second-order valence-electron chi connectivity index (χ2n) is 6.37. The summed E-state index contributed by atoms with van der Waals surface area (Å²) in [6.45, 7) is 6.26. The zero-order chi connectivity index (χ0) is 15.0. The first-order chi connectivity index (χ1) is 9.60. The molecule has 2 unspecified atom stereocenters. The molecular formula is C16H32N2O2. The van der Waals surface area contributed by atoms with Crippen LogP contribution in [0.5, 0.6) is 0 Å². The summed E-state index contributed by atoms with van der Waals surface area (Å²) >= 11 is 0. The SMILES string of the molecule is CC(C)C(CCN)CCC(=O)N1CCCC1CCCO. The fourth-order valence-electron chi connectivity index (χ4n) is 3.27. The van der Waals surface area contributed by atoms with Gasteiger partial charge >= 0.3 is 0 Å². The summed E-state index contributed by atoms with van der Waals surface area (Å²) in [4.78, 5) is 14.4. The van der Waals surface area contributed by atoms with Gasteiger partial charge in [0, 0.05) is 25.6 Å². The molecule has 20 heavy (non-hydrogen) atoms. The van der Waals surface area contributed by atoms with Crippen molar-refractivity contribution in [3.8, 4) is 0 Å². The van der Waals surface area contributed by atoms with Crippen LogP contribution >= 0.6 is 0 Å². The number of carbonyl (C=O) groups is 1. The van der Waals surface area contributed by atoms with Crippen LogP contribution in [0.1, 0.15) is 58.8 Å². The summed E-state index contributed by atoms with van der Waals surface area (Å²) < 4.78 is 0. The number of carbonyl (C=O) groups excluding carboxylic acids is 1. The van der Waals surface area contributed by atoms with E-state index in [1.807, 2.05) is 0 Å². The lowest BCUT2D eigenvalue weighted by molar-refractivity contribution is -0.132. The van der Waals surface area contributed by atoms with Gasteiger partial charge in [0.1, 0.15) is 0 Å². The van der Waals surface area contributed by atoms with Crippen LogP contribution in [0.15, 0.2) is 0 Å². The number of nitrogens with two attached hydrogens (primary N) is 1. The number of rotatable bonds is 9. The Morgan fingerprint density at radius 2 is 2.15 bits per heavy atom. The highest BCUT2D eigenvalue weighted by atomic mass is 16.3. The molecule has 0 aromatic rings. The molecule has 1 aliphatic rings. The summed E-state index contributed by atoms with van der Waals surface area (Å²) in [6.07, 6.45) is 6.57. The molecule has 0 bridgehead atoms. The first kappa shape index (κ1) is 17.4. The Bertz CT molecular complexity index is 282. The number of hydrogen-bond acceptors (Lipinski definition) is 3. The monoisotopic (exact) mass is 284 g/mol. The van der Waals surface area contributed by atoms with Crippen molar-refractivity contribution in [2.75, 3.05) is 19.7 Å². The molecule has 0 saturated carbocycles. The molecule has 2 atom stereocenters. The predicted octanol–water partition coefficient (Wildman–Crippen LogP) is 2.15. The van der Waals surface area contributed by atoms with Gasteiger partial charge in [0.15, 0.2) is 0 Å². The highest BCUT2D eigenvalue weighted by molar-refractivity contribution is 5.76. The number of aliphatic hydroxyl groups excluding tert-OH is 1. The number of hydrogen-bond donors (Lipinski definition) is 2. The van der Waals surface area contributed by atoms with Crippen molar-refractivity contribution in [3.05, 3.63) is 0 Å². The van der Waals surface area contributed by atoms with E-state index in [1.54, 1.807) is 0 Å². The molecule has 118 valence electrons. The van der Waals surface area contributed by atoms with Crippen molar-refractivity contribution in [1.29, 1.82) is 0 Å². The topological polar surface area (TPSA) is 66.6 Å². The number of likely N-dealkylation sites (tertiary alicyclic amines) is 1. The van der Waals surface area contributed by atoms with Crippen molar-refractivity contribution < 1.29 is 9.90 Å². The first-order valence-corrected chi connectivity index (χ1v) is 8.20. The fourth-order valence-corrected chi connectivity index (χ4v) is 3.27. The van der Waals surface area contributed by atoms with E-state index in [0.29, 0.717) is 36.8 Å². The Hall–Kier alpha value is -0.610. The van der Waals surface area contributed by atoms with Crippen LogP contribution in [0.3, 0.4) is 0 Å². The van der Waals surface area contributed by atoms with Crippen molar-refractivity contribution in [1.82, 2.24) is 4.90 Å².